The number of anilines is 1. The minimum atomic E-state index is -0.951. The van der Waals surface area contributed by atoms with Gasteiger partial charge in [0.2, 0.25) is 0 Å². The Morgan fingerprint density at radius 3 is 2.84 bits per heavy atom. The van der Waals surface area contributed by atoms with E-state index >= 15 is 0 Å². The maximum Gasteiger partial charge on any atom is 0.340 e. The predicted molar refractivity (Wildman–Crippen MR) is 70.6 cm³/mol. The molecule has 1 unspecified atom stereocenters. The molecule has 0 aliphatic carbocycles. The third kappa shape index (κ3) is 4.38. The summed E-state index contributed by atoms with van der Waals surface area (Å²) >= 11 is 0.990. The second kappa shape index (κ2) is 7.32. The van der Waals surface area contributed by atoms with Crippen LogP contribution in [0.25, 0.3) is 0 Å². The van der Waals surface area contributed by atoms with E-state index in [2.05, 4.69) is 0 Å². The van der Waals surface area contributed by atoms with Gasteiger partial charge in [0.05, 0.1) is 24.9 Å². The molecular weight excluding hydrogens is 273 g/mol. The summed E-state index contributed by atoms with van der Waals surface area (Å²) in [6.45, 7) is 1.44. The predicted octanol–water partition coefficient (Wildman–Crippen LogP) is 1.03. The molecule has 0 fully saturated rings. The first-order chi connectivity index (χ1) is 8.99. The van der Waals surface area contributed by atoms with Crippen molar-refractivity contribution < 1.29 is 24.1 Å². The van der Waals surface area contributed by atoms with Crippen LogP contribution >= 0.6 is 11.8 Å². The molecule has 0 aliphatic rings. The van der Waals surface area contributed by atoms with Crippen molar-refractivity contribution in [1.29, 1.82) is 0 Å². The van der Waals surface area contributed by atoms with Crippen LogP contribution in [0, 0.1) is 5.82 Å². The van der Waals surface area contributed by atoms with Gasteiger partial charge in [0.25, 0.3) is 0 Å². The average Bonchev–Trinajstić information content (AvgIpc) is 2.37. The molecule has 1 atom stereocenters. The lowest BCUT2D eigenvalue weighted by Crippen LogP contribution is -2.15. The Morgan fingerprint density at radius 1 is 1.58 bits per heavy atom. The van der Waals surface area contributed by atoms with E-state index in [0.29, 0.717) is 0 Å². The van der Waals surface area contributed by atoms with Crippen LogP contribution in [0.4, 0.5) is 10.1 Å². The Bertz CT molecular complexity index is 456. The number of halogens is 1. The Kier molecular flexibility index (Phi) is 6.07. The highest BCUT2D eigenvalue weighted by molar-refractivity contribution is 7.99. The van der Waals surface area contributed by atoms with Crippen LogP contribution in [0.2, 0.25) is 0 Å². The molecule has 0 aliphatic heterocycles. The maximum atomic E-state index is 13.6. The SMILES string of the molecule is CCOC(=O)c1cc(SCC(O)CO)c(F)cc1N. The number of carbonyl (C=O) groups excluding carboxylic acids is 1. The quantitative estimate of drug-likeness (QED) is 0.411. The summed E-state index contributed by atoms with van der Waals surface area (Å²) in [5, 5.41) is 17.9. The highest BCUT2D eigenvalue weighted by Crippen LogP contribution is 2.27. The van der Waals surface area contributed by atoms with Gasteiger partial charge in [-0.05, 0) is 19.1 Å². The summed E-state index contributed by atoms with van der Waals surface area (Å²) in [6.07, 6.45) is -0.951. The van der Waals surface area contributed by atoms with Crippen molar-refractivity contribution in [3.63, 3.8) is 0 Å². The number of hydrogen-bond donors (Lipinski definition) is 3. The van der Waals surface area contributed by atoms with Crippen molar-refractivity contribution in [2.75, 3.05) is 24.7 Å². The average molecular weight is 289 g/mol. The normalized spacial score (nSPS) is 12.2. The Morgan fingerprint density at radius 2 is 2.26 bits per heavy atom. The molecule has 5 nitrogen and oxygen atoms in total. The monoisotopic (exact) mass is 289 g/mol. The number of thioether (sulfide) groups is 1. The summed E-state index contributed by atoms with van der Waals surface area (Å²) in [6, 6.07) is 2.33. The fourth-order valence-electron chi connectivity index (χ4n) is 1.30. The van der Waals surface area contributed by atoms with Gasteiger partial charge >= 0.3 is 5.97 Å². The zero-order valence-corrected chi connectivity index (χ0v) is 11.2. The Hall–Kier alpha value is -1.31. The van der Waals surface area contributed by atoms with Gasteiger partial charge in [-0.1, -0.05) is 0 Å². The van der Waals surface area contributed by atoms with Crippen molar-refractivity contribution >= 4 is 23.4 Å². The summed E-state index contributed by atoms with van der Waals surface area (Å²) < 4.78 is 18.4. The fourth-order valence-corrected chi connectivity index (χ4v) is 2.18. The van der Waals surface area contributed by atoms with E-state index in [9.17, 15) is 14.3 Å². The van der Waals surface area contributed by atoms with E-state index in [1.165, 1.54) is 6.07 Å². The van der Waals surface area contributed by atoms with E-state index in [-0.39, 0.29) is 28.5 Å². The number of aliphatic hydroxyl groups excluding tert-OH is 2. The first-order valence-corrected chi connectivity index (χ1v) is 6.66. The molecule has 1 aromatic rings. The number of ether oxygens (including phenoxy) is 1. The molecule has 0 saturated carbocycles. The number of nitrogens with two attached hydrogens (primary N) is 1. The summed E-state index contributed by atoms with van der Waals surface area (Å²) in [5.41, 5.74) is 5.65. The minimum absolute atomic E-state index is 0.00278. The van der Waals surface area contributed by atoms with Gasteiger partial charge in [0, 0.05) is 16.3 Å². The van der Waals surface area contributed by atoms with Gasteiger partial charge in [-0.2, -0.15) is 0 Å². The minimum Gasteiger partial charge on any atom is -0.462 e. The van der Waals surface area contributed by atoms with Gasteiger partial charge in [-0.3, -0.25) is 0 Å². The fraction of sp³-hybridized carbons (Fsp3) is 0.417. The summed E-state index contributed by atoms with van der Waals surface area (Å²) in [4.78, 5) is 11.8. The van der Waals surface area contributed by atoms with Crippen molar-refractivity contribution in [2.45, 2.75) is 17.9 Å². The second-order valence-corrected chi connectivity index (χ2v) is 4.80. The van der Waals surface area contributed by atoms with Crippen molar-refractivity contribution in [2.24, 2.45) is 0 Å². The largest absolute Gasteiger partial charge is 0.462 e. The molecule has 19 heavy (non-hydrogen) atoms. The third-order valence-corrected chi connectivity index (χ3v) is 3.42. The lowest BCUT2D eigenvalue weighted by atomic mass is 10.2. The molecule has 7 heteroatoms. The van der Waals surface area contributed by atoms with Crippen LogP contribution in [0.3, 0.4) is 0 Å². The van der Waals surface area contributed by atoms with E-state index in [1.807, 2.05) is 0 Å². The zero-order chi connectivity index (χ0) is 14.4. The van der Waals surface area contributed by atoms with Gasteiger partial charge in [0.1, 0.15) is 5.82 Å². The van der Waals surface area contributed by atoms with Crippen molar-refractivity contribution in [1.82, 2.24) is 0 Å². The molecule has 0 amide bonds. The van der Waals surface area contributed by atoms with Gasteiger partial charge < -0.3 is 20.7 Å². The number of aliphatic hydroxyl groups is 2. The Balaban J connectivity index is 2.93. The molecule has 0 saturated heterocycles. The molecule has 4 N–H and O–H groups in total. The molecule has 1 rings (SSSR count). The lowest BCUT2D eigenvalue weighted by Gasteiger charge is -2.10. The number of carbonyl (C=O) groups is 1. The van der Waals surface area contributed by atoms with Crippen LogP contribution in [-0.4, -0.2) is 41.3 Å². The summed E-state index contributed by atoms with van der Waals surface area (Å²) in [7, 11) is 0. The molecule has 0 aromatic heterocycles. The van der Waals surface area contributed by atoms with Gasteiger partial charge in [0.15, 0.2) is 0 Å². The van der Waals surface area contributed by atoms with E-state index in [0.717, 1.165) is 17.8 Å². The number of hydrogen-bond acceptors (Lipinski definition) is 6. The number of benzene rings is 1. The maximum absolute atomic E-state index is 13.6. The highest BCUT2D eigenvalue weighted by Gasteiger charge is 2.16. The van der Waals surface area contributed by atoms with Gasteiger partial charge in [-0.15, -0.1) is 11.8 Å². The highest BCUT2D eigenvalue weighted by atomic mass is 32.2. The first-order valence-electron chi connectivity index (χ1n) is 5.67. The number of nitrogen functional groups attached to an aromatic ring is 1. The standard InChI is InChI=1S/C12H16FNO4S/c1-2-18-12(17)8-3-11(9(13)4-10(8)14)19-6-7(16)5-15/h3-4,7,15-16H,2,5-6,14H2,1H3. The van der Waals surface area contributed by atoms with Crippen LogP contribution in [0.1, 0.15) is 17.3 Å². The van der Waals surface area contributed by atoms with Crippen molar-refractivity contribution in [3.8, 4) is 0 Å². The Labute approximate surface area is 114 Å². The molecule has 0 spiro atoms. The van der Waals surface area contributed by atoms with Crippen LogP contribution in [0.15, 0.2) is 17.0 Å². The van der Waals surface area contributed by atoms with Gasteiger partial charge in [-0.25, -0.2) is 9.18 Å². The second-order valence-electron chi connectivity index (χ2n) is 3.74. The smallest absolute Gasteiger partial charge is 0.340 e. The first kappa shape index (κ1) is 15.7. The topological polar surface area (TPSA) is 92.8 Å². The summed E-state index contributed by atoms with van der Waals surface area (Å²) in [5.74, 6) is -1.09. The van der Waals surface area contributed by atoms with Crippen LogP contribution < -0.4 is 5.73 Å². The molecule has 0 heterocycles. The van der Waals surface area contributed by atoms with Crippen LogP contribution in [0.5, 0.6) is 0 Å². The number of rotatable bonds is 6. The lowest BCUT2D eigenvalue weighted by molar-refractivity contribution is 0.0527. The molecule has 0 bridgehead atoms. The molecule has 106 valence electrons. The third-order valence-electron chi connectivity index (χ3n) is 2.24. The molecule has 1 aromatic carbocycles. The van der Waals surface area contributed by atoms with E-state index in [1.54, 1.807) is 6.92 Å². The van der Waals surface area contributed by atoms with Crippen molar-refractivity contribution in [3.05, 3.63) is 23.5 Å². The van der Waals surface area contributed by atoms with E-state index < -0.39 is 24.5 Å². The number of esters is 1. The van der Waals surface area contributed by atoms with Crippen LogP contribution in [-0.2, 0) is 4.74 Å². The molecular formula is C12H16FNO4S. The van der Waals surface area contributed by atoms with E-state index in [4.69, 9.17) is 15.6 Å². The molecule has 0 radical (unpaired) electrons. The zero-order valence-electron chi connectivity index (χ0n) is 10.4.